The van der Waals surface area contributed by atoms with E-state index in [2.05, 4.69) is 262 Å². The van der Waals surface area contributed by atoms with Crippen LogP contribution in [-0.2, 0) is 0 Å². The quantitative estimate of drug-likeness (QED) is 0.144. The second kappa shape index (κ2) is 15.8. The molecule has 0 spiro atoms. The minimum absolute atomic E-state index is 1.03. The first kappa shape index (κ1) is 37.4. The Labute approximate surface area is 373 Å². The lowest BCUT2D eigenvalue weighted by Crippen LogP contribution is -2.10. The van der Waals surface area contributed by atoms with Gasteiger partial charge in [0.15, 0.2) is 0 Å². The highest BCUT2D eigenvalue weighted by atomic mass is 15.1. The van der Waals surface area contributed by atoms with E-state index in [0.29, 0.717) is 0 Å². The summed E-state index contributed by atoms with van der Waals surface area (Å²) in [6, 6.07) is 81.3. The summed E-state index contributed by atoms with van der Waals surface area (Å²) in [6.07, 6.45) is 8.80. The van der Waals surface area contributed by atoms with Crippen LogP contribution < -0.4 is 9.80 Å². The number of allylic oxidation sites excluding steroid dienone is 4. The molecule has 11 aromatic rings. The number of hydrogen-bond donors (Lipinski definition) is 0. The molecule has 2 heterocycles. The zero-order chi connectivity index (χ0) is 42.4. The van der Waals surface area contributed by atoms with Crippen molar-refractivity contribution in [1.29, 1.82) is 0 Å². The van der Waals surface area contributed by atoms with Crippen LogP contribution in [0.5, 0.6) is 0 Å². The number of benzene rings is 9. The van der Waals surface area contributed by atoms with Crippen LogP contribution in [0.1, 0.15) is 12.8 Å². The standard InChI is InChI=1S/C60H44N4/c1-5-17-45(18-6-1)61(51-37-39-59-55(41-51)53-25-13-15-27-57(53)63(59)47-21-9-3-10-22-47)49-33-29-43(30-34-49)44-31-35-50(36-32-44)62(46-19-7-2-8-20-46)52-38-40-60-56(42-52)54-26-14-16-28-58(54)64(60)48-23-11-4-12-24-48/h1-11,13-23,25-42H,12,24H2. The van der Waals surface area contributed by atoms with Crippen molar-refractivity contribution in [2.45, 2.75) is 12.8 Å². The minimum Gasteiger partial charge on any atom is -0.313 e. The van der Waals surface area contributed by atoms with Gasteiger partial charge in [0.1, 0.15) is 0 Å². The monoisotopic (exact) mass is 820 g/mol. The van der Waals surface area contributed by atoms with E-state index in [1.165, 1.54) is 49.3 Å². The lowest BCUT2D eigenvalue weighted by molar-refractivity contribution is 0.979. The van der Waals surface area contributed by atoms with Crippen LogP contribution in [0.2, 0.25) is 0 Å². The molecular formula is C60H44N4. The van der Waals surface area contributed by atoms with E-state index in [9.17, 15) is 0 Å². The predicted molar refractivity (Wildman–Crippen MR) is 271 cm³/mol. The van der Waals surface area contributed by atoms with Crippen molar-refractivity contribution >= 4 is 83.4 Å². The summed E-state index contributed by atoms with van der Waals surface area (Å²) in [7, 11) is 0. The Hall–Kier alpha value is -8.34. The van der Waals surface area contributed by atoms with Gasteiger partial charge in [0.25, 0.3) is 0 Å². The van der Waals surface area contributed by atoms with E-state index in [4.69, 9.17) is 0 Å². The van der Waals surface area contributed by atoms with Crippen LogP contribution in [0.4, 0.5) is 34.1 Å². The Balaban J connectivity index is 0.899. The largest absolute Gasteiger partial charge is 0.313 e. The normalized spacial score (nSPS) is 12.6. The van der Waals surface area contributed by atoms with E-state index in [0.717, 1.165) is 63.8 Å². The van der Waals surface area contributed by atoms with Gasteiger partial charge in [-0.15, -0.1) is 0 Å². The third-order valence-electron chi connectivity index (χ3n) is 12.7. The van der Waals surface area contributed by atoms with Crippen molar-refractivity contribution in [2.24, 2.45) is 0 Å². The van der Waals surface area contributed by atoms with Gasteiger partial charge in [-0.2, -0.15) is 0 Å². The molecule has 304 valence electrons. The molecule has 9 aromatic carbocycles. The van der Waals surface area contributed by atoms with Gasteiger partial charge >= 0.3 is 0 Å². The van der Waals surface area contributed by atoms with Gasteiger partial charge in [-0.05, 0) is 139 Å². The van der Waals surface area contributed by atoms with Crippen molar-refractivity contribution in [3.63, 3.8) is 0 Å². The molecule has 0 N–H and O–H groups in total. The molecule has 0 fully saturated rings. The van der Waals surface area contributed by atoms with Gasteiger partial charge in [0.05, 0.1) is 22.1 Å². The lowest BCUT2D eigenvalue weighted by Gasteiger charge is -2.26. The van der Waals surface area contributed by atoms with Crippen molar-refractivity contribution in [3.8, 4) is 16.8 Å². The van der Waals surface area contributed by atoms with E-state index in [1.54, 1.807) is 0 Å². The number of hydrogen-bond acceptors (Lipinski definition) is 2. The van der Waals surface area contributed by atoms with E-state index >= 15 is 0 Å². The highest BCUT2D eigenvalue weighted by Crippen LogP contribution is 2.43. The molecule has 0 bridgehead atoms. The Morgan fingerprint density at radius 3 is 1.23 bits per heavy atom. The molecule has 0 atom stereocenters. The van der Waals surface area contributed by atoms with Crippen LogP contribution in [0.25, 0.3) is 66.1 Å². The van der Waals surface area contributed by atoms with Crippen LogP contribution >= 0.6 is 0 Å². The Bertz CT molecular complexity index is 3520. The predicted octanol–water partition coefficient (Wildman–Crippen LogP) is 16.7. The molecule has 0 saturated carbocycles. The molecule has 2 aromatic heterocycles. The molecule has 4 heteroatoms. The molecule has 0 radical (unpaired) electrons. The summed E-state index contributed by atoms with van der Waals surface area (Å²) >= 11 is 0. The van der Waals surface area contributed by atoms with Crippen molar-refractivity contribution in [2.75, 3.05) is 9.80 Å². The summed E-state index contributed by atoms with van der Waals surface area (Å²) in [5.41, 5.74) is 16.4. The van der Waals surface area contributed by atoms with Gasteiger partial charge < -0.3 is 18.9 Å². The number of fused-ring (bicyclic) bond motifs is 6. The molecular weight excluding hydrogens is 777 g/mol. The molecule has 0 saturated heterocycles. The maximum Gasteiger partial charge on any atom is 0.0542 e. The summed E-state index contributed by atoms with van der Waals surface area (Å²) in [6.45, 7) is 0. The molecule has 1 aliphatic rings. The fraction of sp³-hybridized carbons (Fsp3) is 0.0333. The zero-order valence-corrected chi connectivity index (χ0v) is 35.3. The lowest BCUT2D eigenvalue weighted by atomic mass is 10.0. The minimum atomic E-state index is 1.03. The van der Waals surface area contributed by atoms with Crippen LogP contribution in [-0.4, -0.2) is 9.13 Å². The number of para-hydroxylation sites is 5. The second-order valence-corrected chi connectivity index (χ2v) is 16.5. The van der Waals surface area contributed by atoms with Gasteiger partial charge in [0.2, 0.25) is 0 Å². The number of aromatic nitrogens is 2. The Kier molecular flexibility index (Phi) is 9.27. The average Bonchev–Trinajstić information content (AvgIpc) is 3.88. The van der Waals surface area contributed by atoms with Crippen molar-refractivity contribution < 1.29 is 0 Å². The number of rotatable bonds is 9. The zero-order valence-electron chi connectivity index (χ0n) is 35.3. The fourth-order valence-corrected chi connectivity index (χ4v) is 9.80. The number of anilines is 6. The van der Waals surface area contributed by atoms with Gasteiger partial charge in [-0.3, -0.25) is 0 Å². The van der Waals surface area contributed by atoms with E-state index in [1.807, 2.05) is 0 Å². The molecule has 4 nitrogen and oxygen atoms in total. The fourth-order valence-electron chi connectivity index (χ4n) is 9.80. The third-order valence-corrected chi connectivity index (χ3v) is 12.7. The highest BCUT2D eigenvalue weighted by molar-refractivity contribution is 6.12. The molecule has 64 heavy (non-hydrogen) atoms. The summed E-state index contributed by atoms with van der Waals surface area (Å²) < 4.78 is 4.82. The van der Waals surface area contributed by atoms with Crippen molar-refractivity contribution in [3.05, 3.63) is 243 Å². The first-order valence-corrected chi connectivity index (χ1v) is 22.2. The second-order valence-electron chi connectivity index (χ2n) is 16.5. The maximum absolute atomic E-state index is 2.45. The molecule has 0 amide bonds. The maximum atomic E-state index is 2.45. The molecule has 0 aliphatic heterocycles. The van der Waals surface area contributed by atoms with Crippen molar-refractivity contribution in [1.82, 2.24) is 9.13 Å². The highest BCUT2D eigenvalue weighted by Gasteiger charge is 2.20. The summed E-state index contributed by atoms with van der Waals surface area (Å²) in [4.78, 5) is 4.73. The van der Waals surface area contributed by atoms with Gasteiger partial charge in [0, 0.05) is 67.1 Å². The van der Waals surface area contributed by atoms with Gasteiger partial charge in [-0.1, -0.05) is 127 Å². The van der Waals surface area contributed by atoms with Crippen LogP contribution in [0.15, 0.2) is 243 Å². The summed E-state index contributed by atoms with van der Waals surface area (Å²) in [5.74, 6) is 0. The Morgan fingerprint density at radius 2 is 0.734 bits per heavy atom. The van der Waals surface area contributed by atoms with Gasteiger partial charge in [-0.25, -0.2) is 0 Å². The third kappa shape index (κ3) is 6.47. The SMILES string of the molecule is C1=CCCC(n2c3ccccc3c3cc(N(c4ccccc4)c4ccc(-c5ccc(N(c6ccccc6)c6ccc7c(c6)c6ccccc6n7-c6ccccc6)cc5)cc4)ccc32)=C1. The van der Waals surface area contributed by atoms with Crippen LogP contribution in [0.3, 0.4) is 0 Å². The van der Waals surface area contributed by atoms with Crippen LogP contribution in [0, 0.1) is 0 Å². The smallest absolute Gasteiger partial charge is 0.0542 e. The Morgan fingerprint density at radius 1 is 0.328 bits per heavy atom. The molecule has 1 aliphatic carbocycles. The number of nitrogens with zero attached hydrogens (tertiary/aromatic N) is 4. The summed E-state index contributed by atoms with van der Waals surface area (Å²) in [5, 5.41) is 4.98. The molecule has 0 unspecified atom stereocenters. The topological polar surface area (TPSA) is 16.3 Å². The molecule has 12 rings (SSSR count). The van der Waals surface area contributed by atoms with E-state index in [-0.39, 0.29) is 0 Å². The van der Waals surface area contributed by atoms with E-state index < -0.39 is 0 Å². The first-order chi connectivity index (χ1) is 31.8. The first-order valence-electron chi connectivity index (χ1n) is 22.2. The average molecular weight is 821 g/mol.